The van der Waals surface area contributed by atoms with Gasteiger partial charge in [0.15, 0.2) is 0 Å². The molecule has 0 aliphatic heterocycles. The predicted octanol–water partition coefficient (Wildman–Crippen LogP) is 5.48. The number of aromatic nitrogens is 1. The monoisotopic (exact) mass is 449 g/mol. The number of rotatable bonds is 3. The molecular weight excluding hydrogens is 442 g/mol. The first-order chi connectivity index (χ1) is 9.02. The minimum absolute atomic E-state index is 0.526. The normalized spacial score (nSPS) is 10.4. The summed E-state index contributed by atoms with van der Waals surface area (Å²) in [5.41, 5.74) is 1.06. The maximum Gasteiger partial charge on any atom is 0.233 e. The summed E-state index contributed by atoms with van der Waals surface area (Å²) >= 11 is 10.4. The van der Waals surface area contributed by atoms with E-state index >= 15 is 0 Å². The molecule has 0 saturated carbocycles. The van der Waals surface area contributed by atoms with Gasteiger partial charge in [0, 0.05) is 6.20 Å². The number of aryl methyl sites for hydroxylation is 1. The fourth-order valence-electron chi connectivity index (χ4n) is 1.44. The van der Waals surface area contributed by atoms with Gasteiger partial charge in [0.1, 0.15) is 11.5 Å². The molecule has 0 aliphatic carbocycles. The third kappa shape index (κ3) is 3.30. The number of nitrogens with zero attached hydrogens (tertiary/aromatic N) is 1. The number of hydrogen-bond donors (Lipinski definition) is 0. The molecule has 1 aromatic carbocycles. The highest BCUT2D eigenvalue weighted by atomic mass is 79.9. The number of halogens is 3. The Morgan fingerprint density at radius 2 is 1.68 bits per heavy atom. The molecule has 0 atom stereocenters. The number of methoxy groups -OCH3 is 1. The van der Waals surface area contributed by atoms with E-state index in [1.165, 1.54) is 0 Å². The van der Waals surface area contributed by atoms with E-state index in [9.17, 15) is 0 Å². The topological polar surface area (TPSA) is 31.4 Å². The Morgan fingerprint density at radius 1 is 1.05 bits per heavy atom. The molecule has 0 radical (unpaired) electrons. The Labute approximate surface area is 136 Å². The number of hydrogen-bond acceptors (Lipinski definition) is 3. The fraction of sp³-hybridized carbons (Fsp3) is 0.154. The van der Waals surface area contributed by atoms with Gasteiger partial charge in [-0.2, -0.15) is 0 Å². The zero-order valence-corrected chi connectivity index (χ0v) is 15.0. The van der Waals surface area contributed by atoms with Crippen LogP contribution in [0.3, 0.4) is 0 Å². The molecule has 19 heavy (non-hydrogen) atoms. The molecule has 2 aromatic rings. The van der Waals surface area contributed by atoms with Crippen LogP contribution in [0.25, 0.3) is 0 Å². The van der Waals surface area contributed by atoms with E-state index in [4.69, 9.17) is 9.47 Å². The van der Waals surface area contributed by atoms with Crippen LogP contribution in [-0.2, 0) is 0 Å². The second-order valence-corrected chi connectivity index (χ2v) is 6.27. The van der Waals surface area contributed by atoms with Gasteiger partial charge in [-0.25, -0.2) is 4.98 Å². The molecule has 2 rings (SSSR count). The summed E-state index contributed by atoms with van der Waals surface area (Å²) in [5, 5.41) is 0. The van der Waals surface area contributed by atoms with Gasteiger partial charge in [-0.15, -0.1) is 0 Å². The lowest BCUT2D eigenvalue weighted by molar-refractivity contribution is 0.408. The third-order valence-electron chi connectivity index (χ3n) is 2.46. The molecule has 0 bridgehead atoms. The Hall–Kier alpha value is -0.590. The molecule has 100 valence electrons. The zero-order valence-electron chi connectivity index (χ0n) is 10.2. The van der Waals surface area contributed by atoms with Crippen LogP contribution >= 0.6 is 47.8 Å². The van der Waals surface area contributed by atoms with Gasteiger partial charge in [-0.3, -0.25) is 0 Å². The predicted molar refractivity (Wildman–Crippen MR) is 85.1 cm³/mol. The summed E-state index contributed by atoms with van der Waals surface area (Å²) in [6, 6.07) is 5.58. The summed E-state index contributed by atoms with van der Waals surface area (Å²) < 4.78 is 13.5. The summed E-state index contributed by atoms with van der Waals surface area (Å²) in [6.45, 7) is 1.98. The summed E-state index contributed by atoms with van der Waals surface area (Å²) in [7, 11) is 1.62. The van der Waals surface area contributed by atoms with Gasteiger partial charge in [0.25, 0.3) is 0 Å². The molecule has 0 amide bonds. The van der Waals surface area contributed by atoms with Gasteiger partial charge in [0.2, 0.25) is 5.88 Å². The first kappa shape index (κ1) is 14.8. The molecule has 1 aromatic heterocycles. The summed E-state index contributed by atoms with van der Waals surface area (Å²) in [4.78, 5) is 4.21. The van der Waals surface area contributed by atoms with E-state index in [2.05, 4.69) is 52.8 Å². The minimum Gasteiger partial charge on any atom is -0.496 e. The van der Waals surface area contributed by atoms with E-state index in [-0.39, 0.29) is 0 Å². The van der Waals surface area contributed by atoms with Crippen molar-refractivity contribution in [2.24, 2.45) is 0 Å². The molecule has 0 saturated heterocycles. The molecule has 0 N–H and O–H groups in total. The van der Waals surface area contributed by atoms with E-state index in [1.54, 1.807) is 13.3 Å². The quantitative estimate of drug-likeness (QED) is 0.619. The smallest absolute Gasteiger partial charge is 0.233 e. The fourth-order valence-corrected chi connectivity index (χ4v) is 2.64. The van der Waals surface area contributed by atoms with Crippen molar-refractivity contribution in [3.05, 3.63) is 43.4 Å². The lowest BCUT2D eigenvalue weighted by Gasteiger charge is -2.11. The highest BCUT2D eigenvalue weighted by Crippen LogP contribution is 2.39. The Bertz CT molecular complexity index is 617. The largest absolute Gasteiger partial charge is 0.496 e. The van der Waals surface area contributed by atoms with Crippen LogP contribution in [0.5, 0.6) is 17.4 Å². The van der Waals surface area contributed by atoms with E-state index in [0.717, 1.165) is 24.7 Å². The molecule has 0 aliphatic rings. The van der Waals surface area contributed by atoms with Crippen molar-refractivity contribution >= 4 is 47.8 Å². The van der Waals surface area contributed by atoms with Gasteiger partial charge in [0.05, 0.1) is 20.5 Å². The molecular formula is C13H10Br3NO2. The van der Waals surface area contributed by atoms with Crippen molar-refractivity contribution in [2.45, 2.75) is 6.92 Å². The average Bonchev–Trinajstić information content (AvgIpc) is 2.38. The first-order valence-electron chi connectivity index (χ1n) is 5.35. The van der Waals surface area contributed by atoms with E-state index in [1.807, 2.05) is 25.1 Å². The highest BCUT2D eigenvalue weighted by molar-refractivity contribution is 9.11. The highest BCUT2D eigenvalue weighted by Gasteiger charge is 2.12. The first-order valence-corrected chi connectivity index (χ1v) is 7.73. The summed E-state index contributed by atoms with van der Waals surface area (Å²) in [6.07, 6.45) is 1.71. The number of pyridine rings is 1. The molecule has 1 heterocycles. The SMILES string of the molecule is COc1cc(Br)c(Oc2nccc(C)c2Br)cc1Br. The second kappa shape index (κ2) is 6.24. The molecule has 0 fully saturated rings. The van der Waals surface area contributed by atoms with E-state index < -0.39 is 0 Å². The van der Waals surface area contributed by atoms with Crippen LogP contribution in [0.1, 0.15) is 5.56 Å². The Kier molecular flexibility index (Phi) is 4.86. The van der Waals surface area contributed by atoms with Crippen molar-refractivity contribution in [2.75, 3.05) is 7.11 Å². The molecule has 0 spiro atoms. The van der Waals surface area contributed by atoms with Gasteiger partial charge >= 0.3 is 0 Å². The van der Waals surface area contributed by atoms with Gasteiger partial charge in [-0.05, 0) is 78.5 Å². The minimum atomic E-state index is 0.526. The van der Waals surface area contributed by atoms with Crippen LogP contribution in [0.4, 0.5) is 0 Å². The van der Waals surface area contributed by atoms with E-state index in [0.29, 0.717) is 11.6 Å². The Balaban J connectivity index is 2.38. The van der Waals surface area contributed by atoms with Crippen LogP contribution in [0.2, 0.25) is 0 Å². The molecule has 6 heteroatoms. The average molecular weight is 452 g/mol. The molecule has 0 unspecified atom stereocenters. The van der Waals surface area contributed by atoms with Crippen LogP contribution in [0.15, 0.2) is 37.8 Å². The van der Waals surface area contributed by atoms with Crippen molar-refractivity contribution in [3.8, 4) is 17.4 Å². The van der Waals surface area contributed by atoms with Gasteiger partial charge in [-0.1, -0.05) is 0 Å². The van der Waals surface area contributed by atoms with Crippen LogP contribution in [0, 0.1) is 6.92 Å². The van der Waals surface area contributed by atoms with Crippen molar-refractivity contribution < 1.29 is 9.47 Å². The molecule has 3 nitrogen and oxygen atoms in total. The number of benzene rings is 1. The lowest BCUT2D eigenvalue weighted by Crippen LogP contribution is -1.93. The lowest BCUT2D eigenvalue weighted by atomic mass is 10.3. The van der Waals surface area contributed by atoms with Crippen LogP contribution < -0.4 is 9.47 Å². The number of ether oxygens (including phenoxy) is 2. The Morgan fingerprint density at radius 3 is 2.37 bits per heavy atom. The summed E-state index contributed by atoms with van der Waals surface area (Å²) in [5.74, 6) is 1.92. The van der Waals surface area contributed by atoms with Crippen molar-refractivity contribution in [1.29, 1.82) is 0 Å². The van der Waals surface area contributed by atoms with Crippen molar-refractivity contribution in [3.63, 3.8) is 0 Å². The third-order valence-corrected chi connectivity index (χ3v) is 4.67. The van der Waals surface area contributed by atoms with Crippen LogP contribution in [-0.4, -0.2) is 12.1 Å². The standard InChI is InChI=1S/C13H10Br3NO2/c1-7-3-4-17-13(12(7)16)19-11-6-8(14)10(18-2)5-9(11)15/h3-6H,1-2H3. The van der Waals surface area contributed by atoms with Gasteiger partial charge < -0.3 is 9.47 Å². The van der Waals surface area contributed by atoms with Crippen molar-refractivity contribution in [1.82, 2.24) is 4.98 Å². The maximum atomic E-state index is 5.81. The second-order valence-electron chi connectivity index (χ2n) is 3.77. The zero-order chi connectivity index (χ0) is 14.0. The maximum absolute atomic E-state index is 5.81.